The van der Waals surface area contributed by atoms with Crippen molar-refractivity contribution in [1.29, 1.82) is 0 Å². The molecule has 1 amide bonds. The predicted octanol–water partition coefficient (Wildman–Crippen LogP) is 3.12. The summed E-state index contributed by atoms with van der Waals surface area (Å²) in [4.78, 5) is 14.4. The summed E-state index contributed by atoms with van der Waals surface area (Å²) in [6.07, 6.45) is 10.9. The summed E-state index contributed by atoms with van der Waals surface area (Å²) in [6, 6.07) is 8.06. The average molecular weight is 504 g/mol. The molecule has 7 rings (SSSR count). The molecule has 6 heterocycles. The maximum Gasteiger partial charge on any atom is 0.414 e. The Labute approximate surface area is 214 Å². The van der Waals surface area contributed by atoms with Crippen LogP contribution in [-0.2, 0) is 16.0 Å². The summed E-state index contributed by atoms with van der Waals surface area (Å²) < 4.78 is 26.9. The molecule has 1 aromatic carbocycles. The number of cyclic esters (lactones) is 1. The minimum atomic E-state index is -0.345. The smallest absolute Gasteiger partial charge is 0.414 e. The Kier molecular flexibility index (Phi) is 5.19. The van der Waals surface area contributed by atoms with Gasteiger partial charge in [0.15, 0.2) is 17.4 Å². The van der Waals surface area contributed by atoms with Gasteiger partial charge in [-0.05, 0) is 36.8 Å². The topological polar surface area (TPSA) is 91.2 Å². The van der Waals surface area contributed by atoms with Gasteiger partial charge in [-0.1, -0.05) is 0 Å². The Morgan fingerprint density at radius 1 is 1.11 bits per heavy atom. The number of benzene rings is 1. The summed E-state index contributed by atoms with van der Waals surface area (Å²) in [5.41, 5.74) is 3.09. The number of nitrogens with zero attached hydrogens (tertiary/aromatic N) is 3. The Morgan fingerprint density at radius 2 is 2.00 bits per heavy atom. The molecular weight excluding hydrogens is 474 g/mol. The van der Waals surface area contributed by atoms with Gasteiger partial charge in [0.1, 0.15) is 19.3 Å². The minimum Gasteiger partial charge on any atom is -0.486 e. The molecule has 10 heteroatoms. The van der Waals surface area contributed by atoms with Crippen LogP contribution in [0.1, 0.15) is 12.5 Å². The van der Waals surface area contributed by atoms with Gasteiger partial charge >= 0.3 is 6.09 Å². The van der Waals surface area contributed by atoms with Crippen LogP contribution in [0.4, 0.5) is 10.5 Å². The van der Waals surface area contributed by atoms with E-state index in [1.807, 2.05) is 24.3 Å². The van der Waals surface area contributed by atoms with E-state index in [0.29, 0.717) is 37.8 Å². The number of allylic oxidation sites excluding steroid dienone is 2. The standard InChI is InChI=1S/C27H29N5O5/c1-34-25-5-3-20-26(29-25)21(6-8-28-20)31-9-7-17-13-30(16-22(17)31)14-19-15-32(27(33)37-19)18-2-4-23-24(12-18)36-11-10-35-23/h2-5,7,9,12-13,16,19,21,26,28-29H,6,8,10-11,14-15H2,1H3/t19-,21?,26?/m1/s1. The van der Waals surface area contributed by atoms with E-state index < -0.39 is 0 Å². The van der Waals surface area contributed by atoms with Crippen molar-refractivity contribution >= 4 is 22.7 Å². The van der Waals surface area contributed by atoms with E-state index in [-0.39, 0.29) is 24.3 Å². The van der Waals surface area contributed by atoms with E-state index in [0.717, 1.165) is 35.4 Å². The van der Waals surface area contributed by atoms with E-state index in [1.165, 1.54) is 5.70 Å². The van der Waals surface area contributed by atoms with Gasteiger partial charge < -0.3 is 38.7 Å². The molecule has 0 bridgehead atoms. The summed E-state index contributed by atoms with van der Waals surface area (Å²) in [7, 11) is 1.68. The zero-order chi connectivity index (χ0) is 24.9. The highest BCUT2D eigenvalue weighted by Gasteiger charge is 2.35. The molecule has 0 aliphatic carbocycles. The van der Waals surface area contributed by atoms with Crippen molar-refractivity contribution in [2.45, 2.75) is 31.2 Å². The van der Waals surface area contributed by atoms with Crippen LogP contribution >= 0.6 is 0 Å². The van der Waals surface area contributed by atoms with Crippen LogP contribution in [-0.4, -0.2) is 60.8 Å². The first-order valence-corrected chi connectivity index (χ1v) is 12.7. The molecule has 2 N–H and O–H groups in total. The second kappa shape index (κ2) is 8.72. The molecule has 4 aliphatic heterocycles. The quantitative estimate of drug-likeness (QED) is 0.553. The monoisotopic (exact) mass is 503 g/mol. The number of ether oxygens (including phenoxy) is 4. The van der Waals surface area contributed by atoms with Crippen LogP contribution in [0.5, 0.6) is 11.5 Å². The van der Waals surface area contributed by atoms with Gasteiger partial charge in [-0.25, -0.2) is 4.79 Å². The Balaban J connectivity index is 1.08. The number of fused-ring (bicyclic) bond motifs is 3. The van der Waals surface area contributed by atoms with Gasteiger partial charge in [0.05, 0.1) is 43.5 Å². The van der Waals surface area contributed by atoms with Crippen molar-refractivity contribution in [1.82, 2.24) is 19.8 Å². The molecule has 3 atom stereocenters. The fourth-order valence-corrected chi connectivity index (χ4v) is 5.73. The third-order valence-electron chi connectivity index (χ3n) is 7.49. The molecule has 0 radical (unpaired) electrons. The lowest BCUT2D eigenvalue weighted by molar-refractivity contribution is 0.132. The Morgan fingerprint density at radius 3 is 2.89 bits per heavy atom. The van der Waals surface area contributed by atoms with Gasteiger partial charge in [-0.2, -0.15) is 0 Å². The number of dihydropyridines is 1. The van der Waals surface area contributed by atoms with E-state index >= 15 is 0 Å². The van der Waals surface area contributed by atoms with Crippen molar-refractivity contribution in [2.24, 2.45) is 0 Å². The van der Waals surface area contributed by atoms with Crippen molar-refractivity contribution in [3.63, 3.8) is 0 Å². The highest BCUT2D eigenvalue weighted by atomic mass is 16.6. The van der Waals surface area contributed by atoms with E-state index in [9.17, 15) is 4.79 Å². The number of carbonyl (C=O) groups is 1. The summed E-state index contributed by atoms with van der Waals surface area (Å²) in [5, 5.41) is 8.19. The second-order valence-electron chi connectivity index (χ2n) is 9.72. The van der Waals surface area contributed by atoms with Crippen LogP contribution in [0, 0.1) is 0 Å². The number of anilines is 1. The van der Waals surface area contributed by atoms with Crippen LogP contribution in [0.3, 0.4) is 0 Å². The number of carbonyl (C=O) groups excluding carboxylic acids is 1. The van der Waals surface area contributed by atoms with Gasteiger partial charge in [0.25, 0.3) is 0 Å². The first kappa shape index (κ1) is 22.0. The molecule has 0 saturated carbocycles. The lowest BCUT2D eigenvalue weighted by atomic mass is 9.95. The van der Waals surface area contributed by atoms with Gasteiger partial charge in [0, 0.05) is 42.3 Å². The molecular formula is C27H29N5O5. The number of methoxy groups -OCH3 is 1. The highest BCUT2D eigenvalue weighted by Crippen LogP contribution is 2.36. The first-order chi connectivity index (χ1) is 18.2. The highest BCUT2D eigenvalue weighted by molar-refractivity contribution is 5.90. The first-order valence-electron chi connectivity index (χ1n) is 12.7. The third kappa shape index (κ3) is 3.83. The van der Waals surface area contributed by atoms with Crippen LogP contribution < -0.4 is 25.0 Å². The van der Waals surface area contributed by atoms with Gasteiger partial charge in [-0.3, -0.25) is 4.90 Å². The number of amides is 1. The fraction of sp³-hybridized carbons (Fsp3) is 0.370. The maximum atomic E-state index is 12.7. The normalized spacial score (nSPS) is 24.5. The number of hydrogen-bond acceptors (Lipinski definition) is 7. The van der Waals surface area contributed by atoms with Gasteiger partial charge in [0.2, 0.25) is 0 Å². The molecule has 37 heavy (non-hydrogen) atoms. The number of hydrogen-bond donors (Lipinski definition) is 2. The molecule has 10 nitrogen and oxygen atoms in total. The zero-order valence-electron chi connectivity index (χ0n) is 20.6. The molecule has 4 aliphatic rings. The molecule has 2 aromatic heterocycles. The molecule has 192 valence electrons. The number of rotatable bonds is 5. The minimum absolute atomic E-state index is 0.114. The molecule has 0 spiro atoms. The maximum absolute atomic E-state index is 12.7. The van der Waals surface area contributed by atoms with Crippen molar-refractivity contribution in [3.05, 3.63) is 66.6 Å². The predicted molar refractivity (Wildman–Crippen MR) is 137 cm³/mol. The van der Waals surface area contributed by atoms with E-state index in [2.05, 4.69) is 50.5 Å². The zero-order valence-corrected chi connectivity index (χ0v) is 20.6. The fourth-order valence-electron chi connectivity index (χ4n) is 5.73. The summed E-state index contributed by atoms with van der Waals surface area (Å²) in [5.74, 6) is 2.13. The lowest BCUT2D eigenvalue weighted by Crippen LogP contribution is -2.49. The second-order valence-corrected chi connectivity index (χ2v) is 9.72. The summed E-state index contributed by atoms with van der Waals surface area (Å²) in [6.45, 7) is 3.01. The van der Waals surface area contributed by atoms with E-state index in [1.54, 1.807) is 12.0 Å². The van der Waals surface area contributed by atoms with E-state index in [4.69, 9.17) is 18.9 Å². The Hall–Kier alpha value is -4.21. The summed E-state index contributed by atoms with van der Waals surface area (Å²) >= 11 is 0. The van der Waals surface area contributed by atoms with Crippen molar-refractivity contribution in [3.8, 4) is 11.5 Å². The van der Waals surface area contributed by atoms with Crippen LogP contribution in [0.2, 0.25) is 0 Å². The molecule has 2 fully saturated rings. The van der Waals surface area contributed by atoms with Gasteiger partial charge in [-0.15, -0.1) is 0 Å². The largest absolute Gasteiger partial charge is 0.486 e. The SMILES string of the molecule is COC1=CC=C2NCCC(n3ccc4cn(C[C@@H]5CN(c6ccc7c(c6)OCCO7)C(=O)O5)cc43)C2N1. The number of aromatic nitrogens is 2. The van der Waals surface area contributed by atoms with Crippen LogP contribution in [0.15, 0.2) is 66.6 Å². The Bertz CT molecular complexity index is 1420. The number of piperidine rings is 1. The lowest BCUT2D eigenvalue weighted by Gasteiger charge is -2.38. The average Bonchev–Trinajstić information content (AvgIpc) is 3.62. The molecule has 2 unspecified atom stereocenters. The third-order valence-corrected chi connectivity index (χ3v) is 7.49. The number of nitrogens with one attached hydrogen (secondary N) is 2. The van der Waals surface area contributed by atoms with Crippen molar-refractivity contribution < 1.29 is 23.7 Å². The molecule has 2 saturated heterocycles. The molecule has 3 aromatic rings. The van der Waals surface area contributed by atoms with Crippen molar-refractivity contribution in [2.75, 3.05) is 38.3 Å². The van der Waals surface area contributed by atoms with Crippen LogP contribution in [0.25, 0.3) is 10.9 Å².